The molecule has 1 spiro atoms. The van der Waals surface area contributed by atoms with Gasteiger partial charge < -0.3 is 30.0 Å². The van der Waals surface area contributed by atoms with Crippen LogP contribution in [0.1, 0.15) is 56.2 Å². The first kappa shape index (κ1) is 33.8. The fourth-order valence-corrected chi connectivity index (χ4v) is 8.72. The highest BCUT2D eigenvalue weighted by Crippen LogP contribution is 2.58. The Hall–Kier alpha value is -5.30. The van der Waals surface area contributed by atoms with E-state index in [1.165, 1.54) is 12.0 Å². The number of aromatic amines is 2. The average Bonchev–Trinajstić information content (AvgIpc) is 3.68. The van der Waals surface area contributed by atoms with E-state index < -0.39 is 18.2 Å². The molecule has 4 N–H and O–H groups in total. The molecule has 0 radical (unpaired) electrons. The minimum atomic E-state index is -0.931. The zero-order valence-corrected chi connectivity index (χ0v) is 30.1. The summed E-state index contributed by atoms with van der Waals surface area (Å²) in [5, 5.41) is 14.2. The third-order valence-electron chi connectivity index (χ3n) is 10.7. The molecular weight excluding hydrogens is 679 g/mol. The summed E-state index contributed by atoms with van der Waals surface area (Å²) in [5.74, 6) is 1.96. The topological polar surface area (TPSA) is 157 Å². The van der Waals surface area contributed by atoms with Gasteiger partial charge in [-0.1, -0.05) is 62.4 Å². The van der Waals surface area contributed by atoms with Crippen LogP contribution < -0.4 is 5.32 Å². The van der Waals surface area contributed by atoms with Gasteiger partial charge in [0, 0.05) is 24.4 Å². The Morgan fingerprint density at radius 3 is 2.17 bits per heavy atom. The normalized spacial score (nSPS) is 19.8. The van der Waals surface area contributed by atoms with Crippen molar-refractivity contribution in [3.8, 4) is 33.6 Å². The molecule has 3 amide bonds. The van der Waals surface area contributed by atoms with Crippen molar-refractivity contribution in [2.45, 2.75) is 50.6 Å². The molecule has 3 aliphatic rings. The van der Waals surface area contributed by atoms with Gasteiger partial charge in [-0.15, -0.1) is 11.8 Å². The number of fused-ring (bicyclic) bond motifs is 1. The molecule has 3 unspecified atom stereocenters. The number of nitrogens with zero attached hydrogens (tertiary/aromatic N) is 4. The summed E-state index contributed by atoms with van der Waals surface area (Å²) in [5.41, 5.74) is 6.04. The molecule has 0 bridgehead atoms. The summed E-state index contributed by atoms with van der Waals surface area (Å²) in [4.78, 5) is 57.0. The lowest BCUT2D eigenvalue weighted by Crippen LogP contribution is -2.51. The van der Waals surface area contributed by atoms with Crippen molar-refractivity contribution in [2.24, 2.45) is 11.3 Å². The molecule has 12 nitrogen and oxygen atoms in total. The van der Waals surface area contributed by atoms with Crippen LogP contribution in [0.25, 0.3) is 44.4 Å². The molecule has 3 atom stereocenters. The molecule has 2 saturated heterocycles. The van der Waals surface area contributed by atoms with Crippen LogP contribution in [0, 0.1) is 11.3 Å². The number of nitrogens with one attached hydrogen (secondary N) is 3. The number of hydrogen-bond acceptors (Lipinski definition) is 7. The molecule has 13 heteroatoms. The van der Waals surface area contributed by atoms with Crippen LogP contribution in [0.15, 0.2) is 73.1 Å². The number of hydrogen-bond donors (Lipinski definition) is 4. The first-order valence-electron chi connectivity index (χ1n) is 17.6. The Bertz CT molecular complexity index is 2160. The van der Waals surface area contributed by atoms with E-state index in [0.717, 1.165) is 75.3 Å². The zero-order chi connectivity index (χ0) is 36.1. The van der Waals surface area contributed by atoms with Crippen LogP contribution in [0.5, 0.6) is 0 Å². The van der Waals surface area contributed by atoms with Gasteiger partial charge in [0.15, 0.2) is 0 Å². The number of aromatic nitrogens is 4. The number of H-pyrrole nitrogens is 2. The number of amides is 3. The van der Waals surface area contributed by atoms with Gasteiger partial charge in [0.1, 0.15) is 23.1 Å². The predicted octanol–water partition coefficient (Wildman–Crippen LogP) is 7.45. The first-order chi connectivity index (χ1) is 25.1. The molecular formula is C39H41N7O5S. The summed E-state index contributed by atoms with van der Waals surface area (Å²) in [6.07, 6.45) is 5.10. The lowest BCUT2D eigenvalue weighted by atomic mass is 9.98. The largest absolute Gasteiger partial charge is 0.465 e. The molecule has 4 heterocycles. The van der Waals surface area contributed by atoms with Gasteiger partial charge >= 0.3 is 12.2 Å². The van der Waals surface area contributed by atoms with Gasteiger partial charge in [0.25, 0.3) is 0 Å². The van der Waals surface area contributed by atoms with Gasteiger partial charge in [-0.25, -0.2) is 19.6 Å². The molecule has 3 fully saturated rings. The maximum atomic E-state index is 13.8. The number of ether oxygens (including phenoxy) is 1. The highest BCUT2D eigenvalue weighted by atomic mass is 32.2. The molecule has 8 rings (SSSR count). The number of benzene rings is 3. The third-order valence-corrected chi connectivity index (χ3v) is 11.9. The van der Waals surface area contributed by atoms with E-state index in [4.69, 9.17) is 9.72 Å². The minimum absolute atomic E-state index is 0.0982. The Balaban J connectivity index is 0.983. The van der Waals surface area contributed by atoms with Crippen LogP contribution in [0.3, 0.4) is 0 Å². The van der Waals surface area contributed by atoms with E-state index in [0.29, 0.717) is 18.9 Å². The summed E-state index contributed by atoms with van der Waals surface area (Å²) in [6, 6.07) is 20.2. The number of imidazole rings is 2. The fourth-order valence-electron chi connectivity index (χ4n) is 7.54. The minimum Gasteiger partial charge on any atom is -0.465 e. The van der Waals surface area contributed by atoms with E-state index in [1.807, 2.05) is 24.9 Å². The second-order valence-electron chi connectivity index (χ2n) is 14.5. The molecule has 2 aromatic heterocycles. The second-order valence-corrected chi connectivity index (χ2v) is 15.6. The number of rotatable bonds is 8. The highest BCUT2D eigenvalue weighted by Gasteiger charge is 2.55. The van der Waals surface area contributed by atoms with E-state index in [1.54, 1.807) is 18.0 Å². The Morgan fingerprint density at radius 1 is 0.885 bits per heavy atom. The van der Waals surface area contributed by atoms with Gasteiger partial charge in [0.05, 0.1) is 36.9 Å². The Labute approximate surface area is 305 Å². The first-order valence-corrected chi connectivity index (χ1v) is 18.7. The number of carbonyl (C=O) groups is 3. The molecule has 52 heavy (non-hydrogen) atoms. The van der Waals surface area contributed by atoms with Gasteiger partial charge in [-0.3, -0.25) is 9.69 Å². The monoisotopic (exact) mass is 719 g/mol. The molecule has 268 valence electrons. The SMILES string of the molecule is COC(=O)NC(C(=O)N1CC2(CC2)CC1c1ncc(-c2ccc3cc(-c4ccc(-c5cnc(C6SCCN6C(=O)O)[nH]5)cc4)ccc3c2)[nH]1)C(C)C. The number of carboxylic acid groups (broad SMARTS) is 1. The standard InChI is InChI=1S/C39H41N7O5S/c1-22(2)32(44-37(48)51-3)35(47)46-21-39(12-13-39)18-31(46)33-40-20-30(42-33)28-11-10-26-16-25(8-9-27(26)17-28)23-4-6-24(7-5-23)29-19-41-34(43-29)36-45(38(49)50)14-15-52-36/h4-11,16-17,19-20,22,31-32,36H,12-15,18,21H2,1-3H3,(H,40,42)(H,41,43)(H,44,48)(H,49,50). The fraction of sp³-hybridized carbons (Fsp3) is 0.359. The molecule has 1 saturated carbocycles. The van der Waals surface area contributed by atoms with E-state index in [9.17, 15) is 19.5 Å². The summed E-state index contributed by atoms with van der Waals surface area (Å²) >= 11 is 1.57. The van der Waals surface area contributed by atoms with Crippen LogP contribution >= 0.6 is 11.8 Å². The van der Waals surface area contributed by atoms with Crippen molar-refractivity contribution in [1.82, 2.24) is 35.1 Å². The van der Waals surface area contributed by atoms with Crippen molar-refractivity contribution < 1.29 is 24.2 Å². The third kappa shape index (κ3) is 6.38. The Morgan fingerprint density at radius 2 is 1.50 bits per heavy atom. The predicted molar refractivity (Wildman–Crippen MR) is 199 cm³/mol. The molecule has 2 aliphatic heterocycles. The smallest absolute Gasteiger partial charge is 0.408 e. The van der Waals surface area contributed by atoms with Crippen molar-refractivity contribution in [3.63, 3.8) is 0 Å². The lowest BCUT2D eigenvalue weighted by molar-refractivity contribution is -0.135. The average molecular weight is 720 g/mol. The van der Waals surface area contributed by atoms with Gasteiger partial charge in [-0.2, -0.15) is 0 Å². The highest BCUT2D eigenvalue weighted by molar-refractivity contribution is 7.99. The van der Waals surface area contributed by atoms with Crippen LogP contribution in [-0.2, 0) is 9.53 Å². The van der Waals surface area contributed by atoms with E-state index in [-0.39, 0.29) is 28.7 Å². The van der Waals surface area contributed by atoms with Crippen LogP contribution in [-0.4, -0.2) is 84.9 Å². The lowest BCUT2D eigenvalue weighted by Gasteiger charge is -2.30. The maximum absolute atomic E-state index is 13.8. The molecule has 3 aromatic carbocycles. The second kappa shape index (κ2) is 13.4. The Kier molecular flexibility index (Phi) is 8.68. The van der Waals surface area contributed by atoms with E-state index in [2.05, 4.69) is 80.9 Å². The number of carbonyl (C=O) groups excluding carboxylic acids is 2. The molecule has 1 aliphatic carbocycles. The van der Waals surface area contributed by atoms with Gasteiger partial charge in [0.2, 0.25) is 5.91 Å². The number of thioether (sulfide) groups is 1. The number of methoxy groups -OCH3 is 1. The van der Waals surface area contributed by atoms with E-state index >= 15 is 0 Å². The quantitative estimate of drug-likeness (QED) is 0.129. The van der Waals surface area contributed by atoms with Crippen molar-refractivity contribution >= 4 is 40.6 Å². The summed E-state index contributed by atoms with van der Waals surface area (Å²) < 4.78 is 4.80. The summed E-state index contributed by atoms with van der Waals surface area (Å²) in [7, 11) is 1.30. The maximum Gasteiger partial charge on any atom is 0.408 e. The van der Waals surface area contributed by atoms with Crippen LogP contribution in [0.2, 0.25) is 0 Å². The zero-order valence-electron chi connectivity index (χ0n) is 29.3. The van der Waals surface area contributed by atoms with Crippen molar-refractivity contribution in [2.75, 3.05) is 26.0 Å². The van der Waals surface area contributed by atoms with Crippen molar-refractivity contribution in [3.05, 3.63) is 84.7 Å². The molecule has 5 aromatic rings. The number of likely N-dealkylation sites (tertiary alicyclic amines) is 1. The van der Waals surface area contributed by atoms with Crippen molar-refractivity contribution in [1.29, 1.82) is 0 Å². The van der Waals surface area contributed by atoms with Crippen LogP contribution in [0.4, 0.5) is 9.59 Å². The van der Waals surface area contributed by atoms with Gasteiger partial charge in [-0.05, 0) is 70.2 Å². The number of alkyl carbamates (subject to hydrolysis) is 1. The summed E-state index contributed by atoms with van der Waals surface area (Å²) in [6.45, 7) is 5.01.